The molecule has 1 fully saturated rings. The van der Waals surface area contributed by atoms with Crippen molar-refractivity contribution >= 4 is 5.78 Å². The van der Waals surface area contributed by atoms with E-state index in [-0.39, 0.29) is 5.78 Å². The van der Waals surface area contributed by atoms with Crippen molar-refractivity contribution in [3.63, 3.8) is 0 Å². The lowest BCUT2D eigenvalue weighted by Gasteiger charge is -2.19. The number of aromatic amines is 1. The molecule has 0 unspecified atom stereocenters. The predicted molar refractivity (Wildman–Crippen MR) is 141 cm³/mol. The Bertz CT molecular complexity index is 1290. The number of benzene rings is 1. The van der Waals surface area contributed by atoms with Crippen LogP contribution in [0.3, 0.4) is 0 Å². The van der Waals surface area contributed by atoms with Crippen LogP contribution in [0.15, 0.2) is 42.6 Å². The lowest BCUT2D eigenvalue weighted by atomic mass is 9.86. The maximum Gasteiger partial charge on any atom is 0.217 e. The summed E-state index contributed by atoms with van der Waals surface area (Å²) in [6, 6.07) is 12.0. The number of tetrazole rings is 1. The molecule has 0 bridgehead atoms. The van der Waals surface area contributed by atoms with E-state index in [0.717, 1.165) is 66.7 Å². The van der Waals surface area contributed by atoms with Crippen LogP contribution in [0, 0.1) is 5.92 Å². The smallest absolute Gasteiger partial charge is 0.217 e. The zero-order chi connectivity index (χ0) is 25.5. The number of H-pyrrole nitrogens is 1. The van der Waals surface area contributed by atoms with Gasteiger partial charge >= 0.3 is 0 Å². The molecule has 192 valence electrons. The highest BCUT2D eigenvalue weighted by Crippen LogP contribution is 2.29. The molecule has 37 heavy (non-hydrogen) atoms. The van der Waals surface area contributed by atoms with Crippen molar-refractivity contribution in [2.45, 2.75) is 77.7 Å². The topological polar surface area (TPSA) is 115 Å². The second kappa shape index (κ2) is 12.0. The number of aryl methyl sites for hydroxylation is 1. The van der Waals surface area contributed by atoms with Crippen molar-refractivity contribution in [3.8, 4) is 22.5 Å². The molecular formula is C28H34N8O. The van der Waals surface area contributed by atoms with Gasteiger partial charge in [0.15, 0.2) is 5.82 Å². The number of ketones is 1. The van der Waals surface area contributed by atoms with E-state index in [9.17, 15) is 4.79 Å². The first-order chi connectivity index (χ1) is 18.2. The Balaban J connectivity index is 1.34. The number of carbonyl (C=O) groups excluding carboxylic acids is 1. The van der Waals surface area contributed by atoms with E-state index in [1.807, 2.05) is 47.3 Å². The van der Waals surface area contributed by atoms with Gasteiger partial charge in [-0.2, -0.15) is 0 Å². The molecule has 9 heteroatoms. The maximum absolute atomic E-state index is 13.0. The van der Waals surface area contributed by atoms with Crippen LogP contribution in [0.5, 0.6) is 0 Å². The Morgan fingerprint density at radius 1 is 1.05 bits per heavy atom. The van der Waals surface area contributed by atoms with Gasteiger partial charge in [0.05, 0.1) is 12.2 Å². The number of aromatic nitrogens is 8. The molecule has 0 atom stereocenters. The van der Waals surface area contributed by atoms with Gasteiger partial charge in [-0.3, -0.25) is 9.78 Å². The number of pyridine rings is 1. The van der Waals surface area contributed by atoms with E-state index in [1.165, 1.54) is 19.3 Å². The van der Waals surface area contributed by atoms with E-state index in [1.54, 1.807) is 0 Å². The highest BCUT2D eigenvalue weighted by atomic mass is 16.1. The molecule has 0 spiro atoms. The van der Waals surface area contributed by atoms with Gasteiger partial charge in [0.2, 0.25) is 11.6 Å². The van der Waals surface area contributed by atoms with E-state index in [0.29, 0.717) is 30.5 Å². The van der Waals surface area contributed by atoms with Gasteiger partial charge in [0, 0.05) is 30.2 Å². The first-order valence-corrected chi connectivity index (χ1v) is 13.5. The molecule has 1 aliphatic rings. The summed E-state index contributed by atoms with van der Waals surface area (Å²) in [5.74, 6) is 2.40. The minimum atomic E-state index is 0.0733. The second-order valence-corrected chi connectivity index (χ2v) is 9.93. The lowest BCUT2D eigenvalue weighted by Crippen LogP contribution is -2.14. The van der Waals surface area contributed by atoms with E-state index in [4.69, 9.17) is 9.97 Å². The molecular weight excluding hydrogens is 464 g/mol. The van der Waals surface area contributed by atoms with Gasteiger partial charge < -0.3 is 0 Å². The minimum Gasteiger partial charge on any atom is -0.291 e. The molecule has 3 heterocycles. The van der Waals surface area contributed by atoms with Crippen molar-refractivity contribution < 1.29 is 4.79 Å². The molecule has 4 aromatic rings. The predicted octanol–water partition coefficient (Wildman–Crippen LogP) is 5.45. The summed E-state index contributed by atoms with van der Waals surface area (Å²) >= 11 is 0. The Labute approximate surface area is 217 Å². The summed E-state index contributed by atoms with van der Waals surface area (Å²) in [7, 11) is 0. The molecule has 5 rings (SSSR count). The second-order valence-electron chi connectivity index (χ2n) is 9.93. The van der Waals surface area contributed by atoms with Crippen molar-refractivity contribution in [2.75, 3.05) is 0 Å². The molecule has 0 saturated heterocycles. The molecule has 1 saturated carbocycles. The number of hydrogen-bond acceptors (Lipinski definition) is 7. The zero-order valence-corrected chi connectivity index (χ0v) is 21.4. The molecule has 1 aromatic carbocycles. The highest BCUT2D eigenvalue weighted by molar-refractivity contribution is 5.92. The standard InChI is InChI=1S/C28H34N8O/c1-2-3-5-14-26-30-28(25(37)17-20-10-6-4-7-11-20)33-36(26)19-22-16-15-21(18-29-22)23-12-8-9-13-24(23)27-31-34-35-32-27/h8-9,12-13,15-16,18,20H,2-7,10-11,14,17,19H2,1H3,(H,31,32,34,35). The zero-order valence-electron chi connectivity index (χ0n) is 21.4. The molecule has 3 aromatic heterocycles. The molecule has 0 radical (unpaired) electrons. The normalized spacial score (nSPS) is 14.2. The van der Waals surface area contributed by atoms with Crippen molar-refractivity contribution in [1.82, 2.24) is 40.4 Å². The SMILES string of the molecule is CCCCCc1nc(C(=O)CC2CCCCC2)nn1Cc1ccc(-c2ccccc2-c2nnn[nH]2)cn1. The van der Waals surface area contributed by atoms with Crippen LogP contribution in [0.2, 0.25) is 0 Å². The van der Waals surface area contributed by atoms with Crippen molar-refractivity contribution in [3.05, 3.63) is 59.9 Å². The van der Waals surface area contributed by atoms with Crippen LogP contribution >= 0.6 is 0 Å². The molecule has 9 nitrogen and oxygen atoms in total. The average molecular weight is 499 g/mol. The van der Waals surface area contributed by atoms with E-state index >= 15 is 0 Å². The summed E-state index contributed by atoms with van der Waals surface area (Å²) < 4.78 is 1.87. The fourth-order valence-electron chi connectivity index (χ4n) is 5.13. The van der Waals surface area contributed by atoms with Gasteiger partial charge in [-0.1, -0.05) is 82.2 Å². The molecule has 0 amide bonds. The minimum absolute atomic E-state index is 0.0733. The summed E-state index contributed by atoms with van der Waals surface area (Å²) in [6.45, 7) is 2.67. The molecule has 1 aliphatic carbocycles. The van der Waals surface area contributed by atoms with Gasteiger partial charge in [0.25, 0.3) is 0 Å². The van der Waals surface area contributed by atoms with Crippen LogP contribution < -0.4 is 0 Å². The average Bonchev–Trinajstić information content (AvgIpc) is 3.61. The Hall–Kier alpha value is -3.75. The number of unbranched alkanes of at least 4 members (excludes halogenated alkanes) is 2. The number of rotatable bonds is 11. The Morgan fingerprint density at radius 2 is 1.89 bits per heavy atom. The first-order valence-electron chi connectivity index (χ1n) is 13.5. The first kappa shape index (κ1) is 24.9. The van der Waals surface area contributed by atoms with Crippen LogP contribution in [-0.2, 0) is 13.0 Å². The van der Waals surface area contributed by atoms with Crippen LogP contribution in [0.1, 0.15) is 86.8 Å². The third-order valence-corrected chi connectivity index (χ3v) is 7.18. The van der Waals surface area contributed by atoms with Gasteiger partial charge in [-0.25, -0.2) is 14.8 Å². The number of nitrogens with one attached hydrogen (secondary N) is 1. The van der Waals surface area contributed by atoms with Crippen LogP contribution in [0.25, 0.3) is 22.5 Å². The summed E-state index contributed by atoms with van der Waals surface area (Å²) in [5.41, 5.74) is 3.76. The summed E-state index contributed by atoms with van der Waals surface area (Å²) in [4.78, 5) is 22.4. The number of carbonyl (C=O) groups is 1. The maximum atomic E-state index is 13.0. The van der Waals surface area contributed by atoms with Gasteiger partial charge in [0.1, 0.15) is 5.82 Å². The quantitative estimate of drug-likeness (QED) is 0.216. The van der Waals surface area contributed by atoms with E-state index in [2.05, 4.69) is 32.6 Å². The molecule has 1 N–H and O–H groups in total. The van der Waals surface area contributed by atoms with Gasteiger partial charge in [-0.05, 0) is 34.4 Å². The van der Waals surface area contributed by atoms with Crippen molar-refractivity contribution in [2.24, 2.45) is 5.92 Å². The highest BCUT2D eigenvalue weighted by Gasteiger charge is 2.22. The summed E-state index contributed by atoms with van der Waals surface area (Å²) in [6.07, 6.45) is 12.6. The van der Waals surface area contributed by atoms with E-state index < -0.39 is 0 Å². The third-order valence-electron chi connectivity index (χ3n) is 7.18. The summed E-state index contributed by atoms with van der Waals surface area (Å²) in [5, 5.41) is 19.0. The largest absolute Gasteiger partial charge is 0.291 e. The van der Waals surface area contributed by atoms with Crippen LogP contribution in [0.4, 0.5) is 0 Å². The van der Waals surface area contributed by atoms with Crippen LogP contribution in [-0.4, -0.2) is 46.2 Å². The lowest BCUT2D eigenvalue weighted by molar-refractivity contribution is 0.0939. The number of Topliss-reactive ketones (excluding diaryl/α,β-unsaturated/α-hetero) is 1. The van der Waals surface area contributed by atoms with Gasteiger partial charge in [-0.15, -0.1) is 10.2 Å². The Morgan fingerprint density at radius 3 is 2.62 bits per heavy atom. The van der Waals surface area contributed by atoms with Crippen molar-refractivity contribution in [1.29, 1.82) is 0 Å². The fourth-order valence-corrected chi connectivity index (χ4v) is 5.13. The molecule has 0 aliphatic heterocycles. The fraction of sp³-hybridized carbons (Fsp3) is 0.464. The Kier molecular flexibility index (Phi) is 8.08. The number of hydrogen-bond donors (Lipinski definition) is 1. The third kappa shape index (κ3) is 6.15. The monoisotopic (exact) mass is 498 g/mol. The number of nitrogens with zero attached hydrogens (tertiary/aromatic N) is 7.